The van der Waals surface area contributed by atoms with Crippen LogP contribution in [0.25, 0.3) is 16.9 Å². The Morgan fingerprint density at radius 1 is 1.05 bits per heavy atom. The van der Waals surface area contributed by atoms with Crippen LogP contribution in [0.1, 0.15) is 11.3 Å². The molecule has 2 heterocycles. The topological polar surface area (TPSA) is 26.5 Å². The molecular formula is C16H16N2O. The van der Waals surface area contributed by atoms with Gasteiger partial charge in [-0.3, -0.25) is 4.40 Å². The normalized spacial score (nSPS) is 10.9. The van der Waals surface area contributed by atoms with Crippen molar-refractivity contribution in [3.63, 3.8) is 0 Å². The smallest absolute Gasteiger partial charge is 0.137 e. The molecule has 0 aliphatic rings. The van der Waals surface area contributed by atoms with Crippen LogP contribution in [0.15, 0.2) is 42.6 Å². The zero-order valence-electron chi connectivity index (χ0n) is 11.3. The average molecular weight is 252 g/mol. The molecule has 0 N–H and O–H groups in total. The van der Waals surface area contributed by atoms with Gasteiger partial charge in [-0.05, 0) is 55.8 Å². The van der Waals surface area contributed by atoms with Gasteiger partial charge in [0.15, 0.2) is 0 Å². The van der Waals surface area contributed by atoms with E-state index in [1.165, 1.54) is 5.56 Å². The van der Waals surface area contributed by atoms with Crippen LogP contribution in [-0.4, -0.2) is 16.5 Å². The second kappa shape index (κ2) is 4.43. The van der Waals surface area contributed by atoms with E-state index in [-0.39, 0.29) is 0 Å². The summed E-state index contributed by atoms with van der Waals surface area (Å²) in [6.45, 7) is 4.12. The first kappa shape index (κ1) is 11.8. The van der Waals surface area contributed by atoms with E-state index in [0.717, 1.165) is 28.3 Å². The van der Waals surface area contributed by atoms with Gasteiger partial charge in [0.2, 0.25) is 0 Å². The van der Waals surface area contributed by atoms with E-state index in [9.17, 15) is 0 Å². The van der Waals surface area contributed by atoms with Gasteiger partial charge >= 0.3 is 0 Å². The summed E-state index contributed by atoms with van der Waals surface area (Å²) in [6.07, 6.45) is 2.07. The minimum atomic E-state index is 0.867. The first-order chi connectivity index (χ1) is 9.19. The van der Waals surface area contributed by atoms with Crippen molar-refractivity contribution in [3.8, 4) is 17.0 Å². The Morgan fingerprint density at radius 3 is 2.47 bits per heavy atom. The highest BCUT2D eigenvalue weighted by molar-refractivity contribution is 5.68. The van der Waals surface area contributed by atoms with Crippen LogP contribution < -0.4 is 4.74 Å². The molecule has 0 bridgehead atoms. The number of hydrogen-bond acceptors (Lipinski definition) is 2. The van der Waals surface area contributed by atoms with Gasteiger partial charge in [0.25, 0.3) is 0 Å². The van der Waals surface area contributed by atoms with E-state index in [1.807, 2.05) is 19.1 Å². The molecule has 3 heteroatoms. The maximum atomic E-state index is 5.20. The van der Waals surface area contributed by atoms with Crippen LogP contribution in [0, 0.1) is 13.8 Å². The lowest BCUT2D eigenvalue weighted by Crippen LogP contribution is -1.90. The number of nitrogens with zero attached hydrogens (tertiary/aromatic N) is 2. The number of imidazole rings is 1. The van der Waals surface area contributed by atoms with Gasteiger partial charge in [0, 0.05) is 11.8 Å². The van der Waals surface area contributed by atoms with E-state index in [4.69, 9.17) is 4.74 Å². The number of fused-ring (bicyclic) bond motifs is 1. The summed E-state index contributed by atoms with van der Waals surface area (Å²) in [5, 5.41) is 0. The summed E-state index contributed by atoms with van der Waals surface area (Å²) in [7, 11) is 1.68. The Kier molecular flexibility index (Phi) is 2.75. The van der Waals surface area contributed by atoms with Gasteiger partial charge in [0.05, 0.1) is 18.5 Å². The molecule has 0 radical (unpaired) electrons. The largest absolute Gasteiger partial charge is 0.497 e. The highest BCUT2D eigenvalue weighted by atomic mass is 16.5. The van der Waals surface area contributed by atoms with Crippen LogP contribution in [0.2, 0.25) is 0 Å². The van der Waals surface area contributed by atoms with Crippen molar-refractivity contribution in [1.29, 1.82) is 0 Å². The van der Waals surface area contributed by atoms with Crippen molar-refractivity contribution < 1.29 is 4.74 Å². The molecule has 3 rings (SSSR count). The quantitative estimate of drug-likeness (QED) is 0.696. The van der Waals surface area contributed by atoms with Gasteiger partial charge in [0.1, 0.15) is 11.4 Å². The van der Waals surface area contributed by atoms with E-state index >= 15 is 0 Å². The second-order valence-corrected chi connectivity index (χ2v) is 4.71. The third-order valence-corrected chi connectivity index (χ3v) is 3.32. The standard InChI is InChI=1S/C16H16N2O/c1-11-8-9-18-15(10-11)17-12(2)16(18)13-4-6-14(19-3)7-5-13/h4-10H,1-3H3. The molecule has 0 fully saturated rings. The first-order valence-electron chi connectivity index (χ1n) is 6.29. The molecule has 0 saturated heterocycles. The maximum Gasteiger partial charge on any atom is 0.137 e. The molecule has 3 aromatic rings. The molecule has 0 atom stereocenters. The Labute approximate surface area is 112 Å². The van der Waals surface area contributed by atoms with Crippen molar-refractivity contribution >= 4 is 5.65 Å². The molecule has 0 unspecified atom stereocenters. The number of hydrogen-bond donors (Lipinski definition) is 0. The van der Waals surface area contributed by atoms with E-state index in [1.54, 1.807) is 7.11 Å². The number of ether oxygens (including phenoxy) is 1. The average Bonchev–Trinajstić information content (AvgIpc) is 2.74. The van der Waals surface area contributed by atoms with Crippen LogP contribution in [0.4, 0.5) is 0 Å². The van der Waals surface area contributed by atoms with Crippen LogP contribution in [0.5, 0.6) is 5.75 Å². The number of rotatable bonds is 2. The Morgan fingerprint density at radius 2 is 1.79 bits per heavy atom. The fourth-order valence-corrected chi connectivity index (χ4v) is 2.36. The van der Waals surface area contributed by atoms with Gasteiger partial charge in [-0.2, -0.15) is 0 Å². The molecule has 0 aliphatic carbocycles. The SMILES string of the molecule is COc1ccc(-c2c(C)nc3cc(C)ccn23)cc1. The molecule has 0 amide bonds. The Hall–Kier alpha value is -2.29. The summed E-state index contributed by atoms with van der Waals surface area (Å²) in [4.78, 5) is 4.62. The molecule has 0 aliphatic heterocycles. The number of benzene rings is 1. The lowest BCUT2D eigenvalue weighted by atomic mass is 10.1. The monoisotopic (exact) mass is 252 g/mol. The molecule has 19 heavy (non-hydrogen) atoms. The Balaban J connectivity index is 2.20. The summed E-state index contributed by atoms with van der Waals surface area (Å²) < 4.78 is 7.33. The van der Waals surface area contributed by atoms with Crippen LogP contribution in [-0.2, 0) is 0 Å². The highest BCUT2D eigenvalue weighted by Gasteiger charge is 2.10. The van der Waals surface area contributed by atoms with E-state index in [0.29, 0.717) is 0 Å². The van der Waals surface area contributed by atoms with Crippen molar-refractivity contribution in [2.24, 2.45) is 0 Å². The minimum absolute atomic E-state index is 0.867. The highest BCUT2D eigenvalue weighted by Crippen LogP contribution is 2.26. The van der Waals surface area contributed by atoms with Crippen molar-refractivity contribution in [2.75, 3.05) is 7.11 Å². The zero-order chi connectivity index (χ0) is 13.4. The zero-order valence-corrected chi connectivity index (χ0v) is 11.3. The molecule has 0 spiro atoms. The molecule has 1 aromatic carbocycles. The third kappa shape index (κ3) is 1.97. The Bertz CT molecular complexity index is 726. The number of pyridine rings is 1. The summed E-state index contributed by atoms with van der Waals surface area (Å²) in [5.41, 5.74) is 5.53. The van der Waals surface area contributed by atoms with Gasteiger partial charge in [-0.15, -0.1) is 0 Å². The lowest BCUT2D eigenvalue weighted by Gasteiger charge is -2.05. The van der Waals surface area contributed by atoms with E-state index < -0.39 is 0 Å². The van der Waals surface area contributed by atoms with Gasteiger partial charge < -0.3 is 4.74 Å². The predicted molar refractivity (Wildman–Crippen MR) is 76.7 cm³/mol. The minimum Gasteiger partial charge on any atom is -0.497 e. The molecular weight excluding hydrogens is 236 g/mol. The second-order valence-electron chi connectivity index (χ2n) is 4.71. The molecule has 3 nitrogen and oxygen atoms in total. The van der Waals surface area contributed by atoms with Crippen molar-refractivity contribution in [2.45, 2.75) is 13.8 Å². The fraction of sp³-hybridized carbons (Fsp3) is 0.188. The summed E-state index contributed by atoms with van der Waals surface area (Å²) >= 11 is 0. The van der Waals surface area contributed by atoms with Crippen molar-refractivity contribution in [3.05, 3.63) is 53.9 Å². The fourth-order valence-electron chi connectivity index (χ4n) is 2.36. The van der Waals surface area contributed by atoms with Crippen LogP contribution >= 0.6 is 0 Å². The summed E-state index contributed by atoms with van der Waals surface area (Å²) in [5.74, 6) is 0.867. The molecule has 0 saturated carbocycles. The number of aryl methyl sites for hydroxylation is 2. The first-order valence-corrected chi connectivity index (χ1v) is 6.29. The van der Waals surface area contributed by atoms with E-state index in [2.05, 4.69) is 46.8 Å². The summed E-state index contributed by atoms with van der Waals surface area (Å²) in [6, 6.07) is 12.3. The maximum absolute atomic E-state index is 5.20. The van der Waals surface area contributed by atoms with Crippen LogP contribution in [0.3, 0.4) is 0 Å². The molecule has 96 valence electrons. The van der Waals surface area contributed by atoms with Gasteiger partial charge in [-0.1, -0.05) is 0 Å². The predicted octanol–water partition coefficient (Wildman–Crippen LogP) is 3.63. The third-order valence-electron chi connectivity index (χ3n) is 3.32. The molecule has 2 aromatic heterocycles. The van der Waals surface area contributed by atoms with Gasteiger partial charge in [-0.25, -0.2) is 4.98 Å². The van der Waals surface area contributed by atoms with Crippen molar-refractivity contribution in [1.82, 2.24) is 9.38 Å². The number of aromatic nitrogens is 2. The lowest BCUT2D eigenvalue weighted by molar-refractivity contribution is 0.415. The number of methoxy groups -OCH3 is 1.